The van der Waals surface area contributed by atoms with Crippen molar-refractivity contribution in [1.29, 1.82) is 5.26 Å². The molecule has 0 aliphatic rings. The molecule has 25 heavy (non-hydrogen) atoms. The summed E-state index contributed by atoms with van der Waals surface area (Å²) in [7, 11) is 3.06. The first-order valence-electron chi connectivity index (χ1n) is 7.87. The first-order valence-corrected chi connectivity index (χ1v) is 7.87. The Morgan fingerprint density at radius 3 is 2.48 bits per heavy atom. The lowest BCUT2D eigenvalue weighted by atomic mass is 10.2. The van der Waals surface area contributed by atoms with Gasteiger partial charge in [-0.15, -0.1) is 0 Å². The molecule has 0 unspecified atom stereocenters. The van der Waals surface area contributed by atoms with Gasteiger partial charge in [-0.1, -0.05) is 0 Å². The number of benzene rings is 1. The summed E-state index contributed by atoms with van der Waals surface area (Å²) >= 11 is 0. The highest BCUT2D eigenvalue weighted by Crippen LogP contribution is 2.10. The SMILES string of the molecule is Cn1c(NCCNCCOc2ccc(C#N)cc2)cc(=O)n(C)c1=O. The van der Waals surface area contributed by atoms with Gasteiger partial charge in [0.15, 0.2) is 0 Å². The van der Waals surface area contributed by atoms with Gasteiger partial charge in [0.25, 0.3) is 5.56 Å². The minimum atomic E-state index is -0.362. The van der Waals surface area contributed by atoms with E-state index in [9.17, 15) is 9.59 Å². The summed E-state index contributed by atoms with van der Waals surface area (Å²) in [5.74, 6) is 1.21. The van der Waals surface area contributed by atoms with Gasteiger partial charge in [0.05, 0.1) is 11.6 Å². The number of hydrogen-bond acceptors (Lipinski definition) is 6. The molecule has 2 N–H and O–H groups in total. The van der Waals surface area contributed by atoms with E-state index in [0.29, 0.717) is 43.4 Å². The molecule has 0 saturated carbocycles. The van der Waals surface area contributed by atoms with E-state index in [0.717, 1.165) is 4.57 Å². The van der Waals surface area contributed by atoms with E-state index in [1.54, 1.807) is 31.3 Å². The molecule has 1 aromatic heterocycles. The molecule has 0 aliphatic carbocycles. The van der Waals surface area contributed by atoms with Gasteiger partial charge in [-0.05, 0) is 24.3 Å². The van der Waals surface area contributed by atoms with Crippen molar-refractivity contribution in [2.45, 2.75) is 0 Å². The maximum atomic E-state index is 11.8. The molecule has 8 nitrogen and oxygen atoms in total. The first-order chi connectivity index (χ1) is 12.0. The van der Waals surface area contributed by atoms with Crippen LogP contribution in [0, 0.1) is 11.3 Å². The van der Waals surface area contributed by atoms with Gasteiger partial charge in [0, 0.05) is 39.8 Å². The van der Waals surface area contributed by atoms with Gasteiger partial charge in [0.2, 0.25) is 0 Å². The van der Waals surface area contributed by atoms with Crippen LogP contribution in [0.2, 0.25) is 0 Å². The Bertz CT molecular complexity index is 862. The van der Waals surface area contributed by atoms with E-state index >= 15 is 0 Å². The lowest BCUT2D eigenvalue weighted by Crippen LogP contribution is -2.38. The molecule has 8 heteroatoms. The van der Waals surface area contributed by atoms with Crippen molar-refractivity contribution in [3.63, 3.8) is 0 Å². The monoisotopic (exact) mass is 343 g/mol. The Kier molecular flexibility index (Phi) is 6.37. The van der Waals surface area contributed by atoms with Crippen molar-refractivity contribution in [2.75, 3.05) is 31.6 Å². The summed E-state index contributed by atoms with van der Waals surface area (Å²) in [6.45, 7) is 2.37. The predicted molar refractivity (Wildman–Crippen MR) is 94.9 cm³/mol. The van der Waals surface area contributed by atoms with Gasteiger partial charge < -0.3 is 15.4 Å². The molecule has 2 aromatic rings. The quantitative estimate of drug-likeness (QED) is 0.656. The fraction of sp³-hybridized carbons (Fsp3) is 0.353. The zero-order chi connectivity index (χ0) is 18.2. The van der Waals surface area contributed by atoms with E-state index in [1.807, 2.05) is 0 Å². The predicted octanol–water partition coefficient (Wildman–Crippen LogP) is 0.0362. The molecule has 0 fully saturated rings. The average molecular weight is 343 g/mol. The third kappa shape index (κ3) is 4.96. The molecule has 1 aromatic carbocycles. The Morgan fingerprint density at radius 1 is 1.08 bits per heavy atom. The summed E-state index contributed by atoms with van der Waals surface area (Å²) < 4.78 is 8.01. The fourth-order valence-electron chi connectivity index (χ4n) is 2.17. The minimum Gasteiger partial charge on any atom is -0.492 e. The van der Waals surface area contributed by atoms with Gasteiger partial charge in [-0.2, -0.15) is 5.26 Å². The maximum Gasteiger partial charge on any atom is 0.332 e. The fourth-order valence-corrected chi connectivity index (χ4v) is 2.17. The lowest BCUT2D eigenvalue weighted by molar-refractivity contribution is 0.315. The average Bonchev–Trinajstić information content (AvgIpc) is 2.63. The number of nitriles is 1. The van der Waals surface area contributed by atoms with Crippen LogP contribution in [0.4, 0.5) is 5.82 Å². The van der Waals surface area contributed by atoms with Crippen LogP contribution >= 0.6 is 0 Å². The number of hydrogen-bond donors (Lipinski definition) is 2. The lowest BCUT2D eigenvalue weighted by Gasteiger charge is -2.12. The third-order valence-electron chi connectivity index (χ3n) is 3.66. The highest BCUT2D eigenvalue weighted by molar-refractivity contribution is 5.34. The topological polar surface area (TPSA) is 101 Å². The molecule has 132 valence electrons. The van der Waals surface area contributed by atoms with Crippen LogP contribution in [0.1, 0.15) is 5.56 Å². The minimum absolute atomic E-state index is 0.339. The van der Waals surface area contributed by atoms with Crippen LogP contribution in [0.15, 0.2) is 39.9 Å². The molecule has 1 heterocycles. The van der Waals surface area contributed by atoms with E-state index in [-0.39, 0.29) is 11.2 Å². The highest BCUT2D eigenvalue weighted by Gasteiger charge is 2.04. The van der Waals surface area contributed by atoms with E-state index in [2.05, 4.69) is 16.7 Å². The molecule has 0 atom stereocenters. The second-order valence-corrected chi connectivity index (χ2v) is 5.43. The van der Waals surface area contributed by atoms with E-state index < -0.39 is 0 Å². The zero-order valence-corrected chi connectivity index (χ0v) is 14.3. The summed E-state index contributed by atoms with van der Waals surface area (Å²) in [5.41, 5.74) is -0.102. The Morgan fingerprint density at radius 2 is 1.80 bits per heavy atom. The highest BCUT2D eigenvalue weighted by atomic mass is 16.5. The molecule has 0 amide bonds. The maximum absolute atomic E-state index is 11.8. The summed E-state index contributed by atoms with van der Waals surface area (Å²) in [5, 5.41) is 15.0. The molecule has 0 aliphatic heterocycles. The Hall–Kier alpha value is -3.05. The van der Waals surface area contributed by atoms with Crippen LogP contribution < -0.4 is 26.6 Å². The van der Waals surface area contributed by atoms with Gasteiger partial charge >= 0.3 is 5.69 Å². The van der Waals surface area contributed by atoms with Crippen molar-refractivity contribution in [3.05, 3.63) is 56.7 Å². The summed E-state index contributed by atoms with van der Waals surface area (Å²) in [6, 6.07) is 10.4. The Balaban J connectivity index is 1.68. The number of rotatable bonds is 8. The molecule has 2 rings (SSSR count). The number of aromatic nitrogens is 2. The van der Waals surface area contributed by atoms with Crippen LogP contribution in [-0.4, -0.2) is 35.4 Å². The van der Waals surface area contributed by atoms with Gasteiger partial charge in [-0.3, -0.25) is 13.9 Å². The standard InChI is InChI=1S/C17H21N5O3/c1-21-15(11-16(23)22(2)17(21)24)20-8-7-19-9-10-25-14-5-3-13(12-18)4-6-14/h3-6,11,19-20H,7-10H2,1-2H3. The second kappa shape index (κ2) is 8.70. The molecule has 0 radical (unpaired) electrons. The van der Waals surface area contributed by atoms with Crippen molar-refractivity contribution in [1.82, 2.24) is 14.5 Å². The molecular weight excluding hydrogens is 322 g/mol. The van der Waals surface area contributed by atoms with E-state index in [4.69, 9.17) is 10.00 Å². The van der Waals surface area contributed by atoms with Crippen LogP contribution in [-0.2, 0) is 14.1 Å². The number of anilines is 1. The van der Waals surface area contributed by atoms with Crippen LogP contribution in [0.25, 0.3) is 0 Å². The van der Waals surface area contributed by atoms with Crippen LogP contribution in [0.5, 0.6) is 5.75 Å². The van der Waals surface area contributed by atoms with Crippen molar-refractivity contribution in [3.8, 4) is 11.8 Å². The van der Waals surface area contributed by atoms with Gasteiger partial charge in [0.1, 0.15) is 18.2 Å². The first kappa shape index (κ1) is 18.3. The third-order valence-corrected chi connectivity index (χ3v) is 3.66. The van der Waals surface area contributed by atoms with E-state index in [1.165, 1.54) is 17.7 Å². The molecule has 0 spiro atoms. The molecular formula is C17H21N5O3. The number of nitrogens with zero attached hydrogens (tertiary/aromatic N) is 3. The zero-order valence-electron chi connectivity index (χ0n) is 14.3. The van der Waals surface area contributed by atoms with Crippen molar-refractivity contribution in [2.24, 2.45) is 14.1 Å². The van der Waals surface area contributed by atoms with Crippen LogP contribution in [0.3, 0.4) is 0 Å². The molecule has 0 saturated heterocycles. The molecule has 0 bridgehead atoms. The van der Waals surface area contributed by atoms with Gasteiger partial charge in [-0.25, -0.2) is 4.79 Å². The number of ether oxygens (including phenoxy) is 1. The normalized spacial score (nSPS) is 10.3. The second-order valence-electron chi connectivity index (χ2n) is 5.43. The smallest absolute Gasteiger partial charge is 0.332 e. The van der Waals surface area contributed by atoms with Crippen molar-refractivity contribution >= 4 is 5.82 Å². The summed E-state index contributed by atoms with van der Waals surface area (Å²) in [6.07, 6.45) is 0. The van der Waals surface area contributed by atoms with Crippen molar-refractivity contribution < 1.29 is 4.74 Å². The summed E-state index contributed by atoms with van der Waals surface area (Å²) in [4.78, 5) is 23.4. The Labute approximate surface area is 145 Å². The largest absolute Gasteiger partial charge is 0.492 e. The number of nitrogens with one attached hydrogen (secondary N) is 2.